The van der Waals surface area contributed by atoms with E-state index in [1.54, 1.807) is 0 Å². The highest BCUT2D eigenvalue weighted by molar-refractivity contribution is 6.58. The molecular formula is C24H47F3OSi. The number of rotatable bonds is 23. The third-order valence-electron chi connectivity index (χ3n) is 5.35. The SMILES string of the molecule is C=C(C)COCCCCCCCCCCCCCCCCCCCC[Si](F)(F)F. The molecule has 0 aliphatic heterocycles. The monoisotopic (exact) mass is 436 g/mol. The van der Waals surface area contributed by atoms with E-state index in [2.05, 4.69) is 6.58 Å². The van der Waals surface area contributed by atoms with E-state index in [0.29, 0.717) is 13.0 Å². The van der Waals surface area contributed by atoms with Crippen molar-refractivity contribution in [2.24, 2.45) is 0 Å². The molecule has 0 aromatic rings. The highest BCUT2D eigenvalue weighted by Gasteiger charge is 2.35. The molecule has 0 heterocycles. The highest BCUT2D eigenvalue weighted by atomic mass is 28.5. The van der Waals surface area contributed by atoms with Crippen LogP contribution >= 0.6 is 0 Å². The summed E-state index contributed by atoms with van der Waals surface area (Å²) in [5, 5.41) is 0. The number of ether oxygens (including phenoxy) is 1. The van der Waals surface area contributed by atoms with Crippen LogP contribution < -0.4 is 0 Å². The van der Waals surface area contributed by atoms with E-state index in [1.807, 2.05) is 6.92 Å². The Morgan fingerprint density at radius 3 is 1.21 bits per heavy atom. The van der Waals surface area contributed by atoms with Gasteiger partial charge in [0, 0.05) is 12.7 Å². The van der Waals surface area contributed by atoms with Gasteiger partial charge in [-0.2, -0.15) is 0 Å². The summed E-state index contributed by atoms with van der Waals surface area (Å²) in [4.78, 5) is 0. The molecule has 29 heavy (non-hydrogen) atoms. The van der Waals surface area contributed by atoms with Crippen LogP contribution in [0.5, 0.6) is 0 Å². The molecule has 0 aliphatic rings. The van der Waals surface area contributed by atoms with Gasteiger partial charge in [0.15, 0.2) is 0 Å². The standard InChI is InChI=1S/C24H47F3OSi/c1-24(2)23-28-21-19-17-15-13-11-9-7-5-3-4-6-8-10-12-14-16-18-20-22-29(25,26)27/h1,3-23H2,2H3. The second kappa shape index (κ2) is 21.0. The zero-order valence-electron chi connectivity index (χ0n) is 19.1. The molecule has 0 radical (unpaired) electrons. The van der Waals surface area contributed by atoms with Gasteiger partial charge in [0.05, 0.1) is 6.61 Å². The molecule has 0 atom stereocenters. The Morgan fingerprint density at radius 2 is 0.897 bits per heavy atom. The smallest absolute Gasteiger partial charge is 0.377 e. The minimum absolute atomic E-state index is 0.362. The first kappa shape index (κ1) is 28.7. The summed E-state index contributed by atoms with van der Waals surface area (Å²) in [5.41, 5.74) is 1.10. The van der Waals surface area contributed by atoms with Crippen molar-refractivity contribution in [1.29, 1.82) is 0 Å². The van der Waals surface area contributed by atoms with Crippen LogP contribution in [-0.4, -0.2) is 22.3 Å². The molecule has 0 saturated carbocycles. The van der Waals surface area contributed by atoms with Crippen LogP contribution in [0.2, 0.25) is 6.04 Å². The van der Waals surface area contributed by atoms with Crippen molar-refractivity contribution in [3.63, 3.8) is 0 Å². The maximum atomic E-state index is 12.2. The van der Waals surface area contributed by atoms with Crippen LogP contribution in [0.3, 0.4) is 0 Å². The van der Waals surface area contributed by atoms with Crippen molar-refractivity contribution in [3.8, 4) is 0 Å². The van der Waals surface area contributed by atoms with E-state index in [9.17, 15) is 12.3 Å². The quantitative estimate of drug-likeness (QED) is 0.0670. The van der Waals surface area contributed by atoms with Crippen LogP contribution in [-0.2, 0) is 4.74 Å². The summed E-state index contributed by atoms with van der Waals surface area (Å²) >= 11 is 0. The molecule has 0 unspecified atom stereocenters. The van der Waals surface area contributed by atoms with Gasteiger partial charge < -0.3 is 4.74 Å². The van der Waals surface area contributed by atoms with E-state index in [4.69, 9.17) is 4.74 Å². The van der Waals surface area contributed by atoms with Crippen molar-refractivity contribution < 1.29 is 17.1 Å². The Bertz CT molecular complexity index is 359. The van der Waals surface area contributed by atoms with Crippen molar-refractivity contribution in [2.45, 2.75) is 129 Å². The number of hydrogen-bond acceptors (Lipinski definition) is 1. The van der Waals surface area contributed by atoms with Gasteiger partial charge in [-0.05, 0) is 19.8 Å². The van der Waals surface area contributed by atoms with Crippen LogP contribution in [0.25, 0.3) is 0 Å². The lowest BCUT2D eigenvalue weighted by Gasteiger charge is -2.05. The summed E-state index contributed by atoms with van der Waals surface area (Å²) in [5.74, 6) is 0. The van der Waals surface area contributed by atoms with Crippen LogP contribution in [0, 0.1) is 0 Å². The van der Waals surface area contributed by atoms with E-state index in [0.717, 1.165) is 31.4 Å². The molecule has 0 amide bonds. The summed E-state index contributed by atoms with van der Waals surface area (Å²) in [7, 11) is -5.28. The summed E-state index contributed by atoms with van der Waals surface area (Å²) in [6.45, 7) is 7.41. The van der Waals surface area contributed by atoms with Gasteiger partial charge in [0.2, 0.25) is 0 Å². The second-order valence-corrected chi connectivity index (χ2v) is 10.5. The first-order valence-electron chi connectivity index (χ1n) is 12.2. The fourth-order valence-corrected chi connectivity index (χ4v) is 4.26. The maximum Gasteiger partial charge on any atom is 0.616 e. The summed E-state index contributed by atoms with van der Waals surface area (Å²) < 4.78 is 42.0. The molecule has 0 saturated heterocycles. The Labute approximate surface area is 180 Å². The third kappa shape index (κ3) is 27.7. The Hall–Kier alpha value is -0.293. The zero-order valence-corrected chi connectivity index (χ0v) is 20.1. The van der Waals surface area contributed by atoms with Crippen molar-refractivity contribution in [2.75, 3.05) is 13.2 Å². The largest absolute Gasteiger partial charge is 0.616 e. The van der Waals surface area contributed by atoms with Gasteiger partial charge in [0.25, 0.3) is 0 Å². The minimum atomic E-state index is -5.28. The fraction of sp³-hybridized carbons (Fsp3) is 0.917. The molecule has 174 valence electrons. The van der Waals surface area contributed by atoms with E-state index in [-0.39, 0.29) is 0 Å². The van der Waals surface area contributed by atoms with E-state index in [1.165, 1.54) is 89.9 Å². The Kier molecular flexibility index (Phi) is 20.7. The molecule has 0 rings (SSSR count). The van der Waals surface area contributed by atoms with Gasteiger partial charge in [-0.3, -0.25) is 0 Å². The van der Waals surface area contributed by atoms with Gasteiger partial charge in [-0.1, -0.05) is 115 Å². The van der Waals surface area contributed by atoms with Crippen molar-refractivity contribution >= 4 is 9.08 Å². The average molecular weight is 437 g/mol. The van der Waals surface area contributed by atoms with E-state index < -0.39 is 15.1 Å². The number of unbranched alkanes of at least 4 members (excludes halogenated alkanes) is 17. The van der Waals surface area contributed by atoms with Gasteiger partial charge in [-0.15, -0.1) is 0 Å². The number of halogens is 3. The molecule has 1 nitrogen and oxygen atoms in total. The molecular weight excluding hydrogens is 389 g/mol. The molecule has 5 heteroatoms. The molecule has 0 spiro atoms. The zero-order chi connectivity index (χ0) is 21.6. The first-order valence-corrected chi connectivity index (χ1v) is 14.0. The highest BCUT2D eigenvalue weighted by Crippen LogP contribution is 2.20. The Morgan fingerprint density at radius 1 is 0.586 bits per heavy atom. The topological polar surface area (TPSA) is 9.23 Å². The lowest BCUT2D eigenvalue weighted by molar-refractivity contribution is 0.151. The number of hydrogen-bond donors (Lipinski definition) is 0. The summed E-state index contributed by atoms with van der Waals surface area (Å²) in [6, 6.07) is -0.474. The summed E-state index contributed by atoms with van der Waals surface area (Å²) in [6.07, 6.45) is 21.7. The molecule has 0 aromatic heterocycles. The predicted octanol–water partition coefficient (Wildman–Crippen LogP) is 9.45. The van der Waals surface area contributed by atoms with Crippen LogP contribution in [0.1, 0.15) is 122 Å². The fourth-order valence-electron chi connectivity index (χ4n) is 3.60. The van der Waals surface area contributed by atoms with Crippen molar-refractivity contribution in [3.05, 3.63) is 12.2 Å². The lowest BCUT2D eigenvalue weighted by atomic mass is 10.0. The molecule has 0 N–H and O–H groups in total. The molecule has 0 bridgehead atoms. The van der Waals surface area contributed by atoms with Gasteiger partial charge >= 0.3 is 9.08 Å². The predicted molar refractivity (Wildman–Crippen MR) is 123 cm³/mol. The molecule has 0 aromatic carbocycles. The van der Waals surface area contributed by atoms with Crippen LogP contribution in [0.4, 0.5) is 12.3 Å². The molecule has 0 fully saturated rings. The second-order valence-electron chi connectivity index (χ2n) is 8.74. The van der Waals surface area contributed by atoms with Gasteiger partial charge in [-0.25, -0.2) is 12.3 Å². The normalized spacial score (nSPS) is 11.9. The van der Waals surface area contributed by atoms with Crippen molar-refractivity contribution in [1.82, 2.24) is 0 Å². The molecule has 0 aliphatic carbocycles. The minimum Gasteiger partial charge on any atom is -0.377 e. The van der Waals surface area contributed by atoms with E-state index >= 15 is 0 Å². The average Bonchev–Trinajstić information content (AvgIpc) is 2.64. The third-order valence-corrected chi connectivity index (χ3v) is 6.27. The first-order chi connectivity index (χ1) is 13.9. The maximum absolute atomic E-state index is 12.2. The van der Waals surface area contributed by atoms with Gasteiger partial charge in [0.1, 0.15) is 0 Å². The van der Waals surface area contributed by atoms with Crippen LogP contribution in [0.15, 0.2) is 12.2 Å². The lowest BCUT2D eigenvalue weighted by Crippen LogP contribution is -2.13. The Balaban J connectivity index is 3.04.